The van der Waals surface area contributed by atoms with E-state index in [1.165, 1.54) is 23.3 Å². The van der Waals surface area contributed by atoms with Crippen LogP contribution in [0, 0.1) is 0 Å². The summed E-state index contributed by atoms with van der Waals surface area (Å²) < 4.78 is 5.25. The van der Waals surface area contributed by atoms with Gasteiger partial charge in [0, 0.05) is 43.8 Å². The third kappa shape index (κ3) is 3.91. The third-order valence-corrected chi connectivity index (χ3v) is 4.05. The molecule has 0 spiro atoms. The Hall–Kier alpha value is -0.690. The van der Waals surface area contributed by atoms with E-state index in [2.05, 4.69) is 19.5 Å². The van der Waals surface area contributed by atoms with Gasteiger partial charge >= 0.3 is 5.97 Å². The van der Waals surface area contributed by atoms with Crippen molar-refractivity contribution in [1.29, 1.82) is 0 Å². The zero-order valence-electron chi connectivity index (χ0n) is 10.3. The van der Waals surface area contributed by atoms with Crippen LogP contribution in [-0.4, -0.2) is 60.6 Å². The van der Waals surface area contributed by atoms with Gasteiger partial charge in [-0.2, -0.15) is 0 Å². The normalized spacial score (nSPS) is 17.9. The molecule has 1 saturated heterocycles. The molecule has 2 heterocycles. The Morgan fingerprint density at radius 2 is 2.11 bits per heavy atom. The summed E-state index contributed by atoms with van der Waals surface area (Å²) in [5.74, 6) is -0.169. The first-order valence-corrected chi connectivity index (χ1v) is 6.98. The molecule has 18 heavy (non-hydrogen) atoms. The average Bonchev–Trinajstić information content (AvgIpc) is 2.77. The van der Waals surface area contributed by atoms with Crippen LogP contribution in [0.4, 0.5) is 0 Å². The average molecular weight is 290 g/mol. The van der Waals surface area contributed by atoms with Crippen molar-refractivity contribution in [2.24, 2.45) is 0 Å². The molecule has 5 nitrogen and oxygen atoms in total. The molecular formula is C11H16ClN3O2S. The van der Waals surface area contributed by atoms with Gasteiger partial charge in [0.15, 0.2) is 4.47 Å². The van der Waals surface area contributed by atoms with Crippen molar-refractivity contribution in [3.63, 3.8) is 0 Å². The van der Waals surface area contributed by atoms with Gasteiger partial charge in [-0.25, -0.2) is 4.98 Å². The van der Waals surface area contributed by atoms with Crippen LogP contribution in [0.25, 0.3) is 0 Å². The zero-order valence-corrected chi connectivity index (χ0v) is 11.8. The number of esters is 1. The van der Waals surface area contributed by atoms with E-state index in [1.807, 2.05) is 6.20 Å². The van der Waals surface area contributed by atoms with Gasteiger partial charge in [0.1, 0.15) is 0 Å². The summed E-state index contributed by atoms with van der Waals surface area (Å²) in [6.45, 7) is 4.95. The van der Waals surface area contributed by atoms with E-state index in [9.17, 15) is 4.79 Å². The summed E-state index contributed by atoms with van der Waals surface area (Å²) >= 11 is 7.33. The number of rotatable bonds is 4. The van der Waals surface area contributed by atoms with E-state index in [1.54, 1.807) is 0 Å². The smallest absolute Gasteiger partial charge is 0.319 e. The highest BCUT2D eigenvalue weighted by Crippen LogP contribution is 2.19. The van der Waals surface area contributed by atoms with Crippen LogP contribution in [0.2, 0.25) is 4.47 Å². The minimum Gasteiger partial charge on any atom is -0.468 e. The van der Waals surface area contributed by atoms with Crippen molar-refractivity contribution in [3.8, 4) is 0 Å². The maximum absolute atomic E-state index is 11.2. The van der Waals surface area contributed by atoms with Crippen LogP contribution in [0.15, 0.2) is 6.20 Å². The lowest BCUT2D eigenvalue weighted by atomic mass is 10.3. The van der Waals surface area contributed by atoms with Gasteiger partial charge in [0.05, 0.1) is 13.7 Å². The Balaban J connectivity index is 1.75. The fourth-order valence-electron chi connectivity index (χ4n) is 1.93. The molecule has 0 unspecified atom stereocenters. The van der Waals surface area contributed by atoms with E-state index >= 15 is 0 Å². The molecule has 100 valence electrons. The van der Waals surface area contributed by atoms with Gasteiger partial charge in [-0.15, -0.1) is 11.3 Å². The number of ether oxygens (including phenoxy) is 1. The Morgan fingerprint density at radius 3 is 2.67 bits per heavy atom. The van der Waals surface area contributed by atoms with Gasteiger partial charge in [0.2, 0.25) is 0 Å². The minimum absolute atomic E-state index is 0.169. The van der Waals surface area contributed by atoms with Crippen molar-refractivity contribution >= 4 is 28.9 Å². The molecule has 2 rings (SSSR count). The first kappa shape index (κ1) is 13.7. The molecular weight excluding hydrogens is 274 g/mol. The number of nitrogens with zero attached hydrogens (tertiary/aromatic N) is 3. The van der Waals surface area contributed by atoms with Crippen LogP contribution in [0.5, 0.6) is 0 Å². The molecule has 0 aliphatic carbocycles. The number of methoxy groups -OCH3 is 1. The highest BCUT2D eigenvalue weighted by molar-refractivity contribution is 7.15. The molecule has 1 aliphatic heterocycles. The third-order valence-electron chi connectivity index (χ3n) is 2.95. The molecule has 7 heteroatoms. The van der Waals surface area contributed by atoms with Crippen LogP contribution in [0.3, 0.4) is 0 Å². The van der Waals surface area contributed by atoms with Crippen molar-refractivity contribution in [3.05, 3.63) is 15.5 Å². The van der Waals surface area contributed by atoms with Crippen LogP contribution < -0.4 is 0 Å². The second kappa shape index (κ2) is 6.47. The second-order valence-electron chi connectivity index (χ2n) is 4.21. The van der Waals surface area contributed by atoms with Crippen molar-refractivity contribution in [2.45, 2.75) is 6.54 Å². The summed E-state index contributed by atoms with van der Waals surface area (Å²) in [6, 6.07) is 0. The summed E-state index contributed by atoms with van der Waals surface area (Å²) in [5, 5.41) is 0. The SMILES string of the molecule is COC(=O)CN1CCN(Cc2cnc(Cl)s2)CC1. The van der Waals surface area contributed by atoms with E-state index < -0.39 is 0 Å². The molecule has 0 radical (unpaired) electrons. The minimum atomic E-state index is -0.169. The summed E-state index contributed by atoms with van der Waals surface area (Å²) in [6.07, 6.45) is 1.83. The van der Waals surface area contributed by atoms with Gasteiger partial charge in [-0.3, -0.25) is 14.6 Å². The van der Waals surface area contributed by atoms with Crippen molar-refractivity contribution in [2.75, 3.05) is 39.8 Å². The Bertz CT molecular complexity index is 405. The summed E-state index contributed by atoms with van der Waals surface area (Å²) in [5.41, 5.74) is 0. The fourth-order valence-corrected chi connectivity index (χ4v) is 2.95. The van der Waals surface area contributed by atoms with Gasteiger partial charge in [-0.05, 0) is 0 Å². The highest BCUT2D eigenvalue weighted by Gasteiger charge is 2.19. The molecule has 0 bridgehead atoms. The predicted octanol–water partition coefficient (Wildman–Crippen LogP) is 1.09. The predicted molar refractivity (Wildman–Crippen MR) is 70.9 cm³/mol. The Labute approximate surface area is 115 Å². The summed E-state index contributed by atoms with van der Waals surface area (Å²) in [4.78, 5) is 20.8. The topological polar surface area (TPSA) is 45.7 Å². The molecule has 0 N–H and O–H groups in total. The number of halogens is 1. The maximum atomic E-state index is 11.2. The molecule has 0 atom stereocenters. The summed E-state index contributed by atoms with van der Waals surface area (Å²) in [7, 11) is 1.42. The van der Waals surface area contributed by atoms with Crippen LogP contribution in [0.1, 0.15) is 4.88 Å². The van der Waals surface area contributed by atoms with Crippen molar-refractivity contribution < 1.29 is 9.53 Å². The lowest BCUT2D eigenvalue weighted by Gasteiger charge is -2.33. The molecule has 1 fully saturated rings. The van der Waals surface area contributed by atoms with Crippen LogP contribution >= 0.6 is 22.9 Å². The van der Waals surface area contributed by atoms with Gasteiger partial charge in [-0.1, -0.05) is 11.6 Å². The van der Waals surface area contributed by atoms with Crippen LogP contribution in [-0.2, 0) is 16.1 Å². The molecule has 0 saturated carbocycles. The zero-order chi connectivity index (χ0) is 13.0. The Morgan fingerprint density at radius 1 is 1.44 bits per heavy atom. The Kier molecular flexibility index (Phi) is 4.94. The lowest BCUT2D eigenvalue weighted by Crippen LogP contribution is -2.47. The number of piperazine rings is 1. The number of aromatic nitrogens is 1. The fraction of sp³-hybridized carbons (Fsp3) is 0.636. The molecule has 1 aliphatic rings. The largest absolute Gasteiger partial charge is 0.468 e. The maximum Gasteiger partial charge on any atom is 0.319 e. The standard InChI is InChI=1S/C11H16ClN3O2S/c1-17-10(16)8-15-4-2-14(3-5-15)7-9-6-13-11(12)18-9/h6H,2-5,7-8H2,1H3. The number of thiazole rings is 1. The quantitative estimate of drug-likeness (QED) is 0.777. The first-order valence-electron chi connectivity index (χ1n) is 5.79. The number of carbonyl (C=O) groups is 1. The molecule has 0 amide bonds. The first-order chi connectivity index (χ1) is 8.67. The monoisotopic (exact) mass is 289 g/mol. The van der Waals surface area contributed by atoms with E-state index in [-0.39, 0.29) is 5.97 Å². The molecule has 1 aromatic heterocycles. The molecule has 0 aromatic carbocycles. The highest BCUT2D eigenvalue weighted by atomic mass is 35.5. The lowest BCUT2D eigenvalue weighted by molar-refractivity contribution is -0.142. The van der Waals surface area contributed by atoms with Gasteiger partial charge in [0.25, 0.3) is 0 Å². The van der Waals surface area contributed by atoms with Crippen molar-refractivity contribution in [1.82, 2.24) is 14.8 Å². The number of hydrogen-bond acceptors (Lipinski definition) is 6. The van der Waals surface area contributed by atoms with E-state index in [0.29, 0.717) is 11.0 Å². The van der Waals surface area contributed by atoms with E-state index in [4.69, 9.17) is 11.6 Å². The number of carbonyl (C=O) groups excluding carboxylic acids is 1. The van der Waals surface area contributed by atoms with Gasteiger partial charge < -0.3 is 4.74 Å². The van der Waals surface area contributed by atoms with E-state index in [0.717, 1.165) is 32.7 Å². The second-order valence-corrected chi connectivity index (χ2v) is 5.91. The molecule has 1 aromatic rings. The number of hydrogen-bond donors (Lipinski definition) is 0.